The van der Waals surface area contributed by atoms with Gasteiger partial charge in [0.05, 0.1) is 84.7 Å². The highest BCUT2D eigenvalue weighted by molar-refractivity contribution is 5.73. The van der Waals surface area contributed by atoms with Gasteiger partial charge < -0.3 is 53.8 Å². The van der Waals surface area contributed by atoms with Crippen LogP contribution in [0.1, 0.15) is 19.0 Å². The first kappa shape index (κ1) is 41.0. The maximum Gasteiger partial charge on any atom is 0.313 e. The fourth-order valence-electron chi connectivity index (χ4n) is 4.33. The second kappa shape index (κ2) is 21.1. The molecule has 1 fully saturated rings. The highest BCUT2D eigenvalue weighted by Gasteiger charge is 2.44. The number of hydrogen-bond acceptors (Lipinski definition) is 14. The van der Waals surface area contributed by atoms with Gasteiger partial charge in [-0.25, -0.2) is 17.9 Å². The summed E-state index contributed by atoms with van der Waals surface area (Å²) in [5, 5.41) is 40.8. The number of rotatable bonds is 22. The summed E-state index contributed by atoms with van der Waals surface area (Å²) in [6.45, 7) is 3.10. The zero-order chi connectivity index (χ0) is 36.6. The van der Waals surface area contributed by atoms with Gasteiger partial charge in [0.15, 0.2) is 6.29 Å². The van der Waals surface area contributed by atoms with Crippen LogP contribution in [-0.2, 0) is 51.0 Å². The van der Waals surface area contributed by atoms with Crippen LogP contribution in [0.25, 0.3) is 0 Å². The van der Waals surface area contributed by atoms with Gasteiger partial charge in [-0.05, 0) is 0 Å². The normalized spacial score (nSPS) is 20.6. The first-order valence-corrected chi connectivity index (χ1v) is 15.4. The minimum absolute atomic E-state index is 0.0496. The van der Waals surface area contributed by atoms with Crippen LogP contribution in [0.4, 0.5) is 22.0 Å². The molecule has 1 aliphatic heterocycles. The minimum atomic E-state index is -2.36. The summed E-state index contributed by atoms with van der Waals surface area (Å²) in [6, 6.07) is -1.16. The first-order valence-electron chi connectivity index (χ1n) is 15.4. The average Bonchev–Trinajstić information content (AvgIpc) is 3.54. The standard InChI is InChI=1S/C29H39F5N4O12/c1-16(39)35-25-27(42)26(41)18(49-29(25)43)15-48-5-2-17-14-38(37-36-17)4-7-45-9-11-47-13-12-46-10-8-44-6-3-19(40)50-28-23(33)21(31)20(30)22(32)24(28)34/h14,18,25-27,29,41-43H,2-13,15H2,1H3,(H,35,39)/t18-,25-,26+,27-,29-/m1/s1. The molecule has 0 radical (unpaired) electrons. The molecule has 2 aromatic rings. The van der Waals surface area contributed by atoms with E-state index in [1.807, 2.05) is 0 Å². The summed E-state index contributed by atoms with van der Waals surface area (Å²) in [5.74, 6) is -14.7. The maximum absolute atomic E-state index is 13.6. The number of carbonyl (C=O) groups excluding carboxylic acids is 2. The van der Waals surface area contributed by atoms with Crippen LogP contribution in [0, 0.1) is 29.1 Å². The van der Waals surface area contributed by atoms with Crippen molar-refractivity contribution in [3.05, 3.63) is 41.0 Å². The number of esters is 1. The van der Waals surface area contributed by atoms with Gasteiger partial charge in [-0.3, -0.25) is 9.59 Å². The third kappa shape index (κ3) is 12.7. The molecule has 0 saturated carbocycles. The Labute approximate surface area is 282 Å². The molecule has 4 N–H and O–H groups in total. The van der Waals surface area contributed by atoms with Crippen molar-refractivity contribution in [1.82, 2.24) is 20.3 Å². The molecule has 5 atom stereocenters. The number of nitrogens with zero attached hydrogens (tertiary/aromatic N) is 3. The van der Waals surface area contributed by atoms with E-state index in [-0.39, 0.29) is 46.2 Å². The van der Waals surface area contributed by atoms with Crippen molar-refractivity contribution in [3.8, 4) is 5.75 Å². The van der Waals surface area contributed by atoms with E-state index < -0.39 is 83.8 Å². The number of hydrogen-bond donors (Lipinski definition) is 4. The summed E-state index contributed by atoms with van der Waals surface area (Å²) < 4.78 is 104. The van der Waals surface area contributed by atoms with E-state index in [9.17, 15) is 46.9 Å². The first-order chi connectivity index (χ1) is 23.9. The number of halogens is 5. The van der Waals surface area contributed by atoms with Crippen molar-refractivity contribution in [1.29, 1.82) is 0 Å². The molecule has 21 heteroatoms. The summed E-state index contributed by atoms with van der Waals surface area (Å²) in [6.07, 6.45) is -3.72. The van der Waals surface area contributed by atoms with E-state index in [1.54, 1.807) is 10.9 Å². The molecule has 0 spiro atoms. The smallest absolute Gasteiger partial charge is 0.313 e. The SMILES string of the molecule is CC(=O)N[C@@H]1[C@@H](O)[C@@H](O)[C@@H](COCCc2cn(CCOCCOCCOCCOCCC(=O)Oc3c(F)c(F)c(F)c(F)c3F)nn2)O[C@H]1O. The second-order valence-corrected chi connectivity index (χ2v) is 10.6. The molecule has 1 saturated heterocycles. The van der Waals surface area contributed by atoms with Crippen molar-refractivity contribution >= 4 is 11.9 Å². The van der Waals surface area contributed by atoms with Crippen molar-refractivity contribution in [2.24, 2.45) is 0 Å². The number of amides is 1. The van der Waals surface area contributed by atoms with E-state index in [0.717, 1.165) is 0 Å². The number of aromatic nitrogens is 3. The Morgan fingerprint density at radius 3 is 1.96 bits per heavy atom. The van der Waals surface area contributed by atoms with Crippen LogP contribution in [0.5, 0.6) is 5.75 Å². The lowest BCUT2D eigenvalue weighted by Gasteiger charge is -2.40. The fraction of sp³-hybridized carbons (Fsp3) is 0.655. The van der Waals surface area contributed by atoms with Crippen molar-refractivity contribution in [3.63, 3.8) is 0 Å². The number of ether oxygens (including phenoxy) is 7. The highest BCUT2D eigenvalue weighted by atomic mass is 19.2. The Bertz CT molecular complexity index is 1350. The van der Waals surface area contributed by atoms with E-state index in [0.29, 0.717) is 38.5 Å². The molecular formula is C29H39F5N4O12. The maximum atomic E-state index is 13.6. The van der Waals surface area contributed by atoms with Crippen molar-refractivity contribution < 1.29 is 80.0 Å². The van der Waals surface area contributed by atoms with E-state index >= 15 is 0 Å². The third-order valence-electron chi connectivity index (χ3n) is 6.88. The van der Waals surface area contributed by atoms with E-state index in [2.05, 4.69) is 20.4 Å². The molecule has 1 aromatic heterocycles. The lowest BCUT2D eigenvalue weighted by atomic mass is 9.97. The van der Waals surface area contributed by atoms with Gasteiger partial charge in [-0.2, -0.15) is 8.78 Å². The Hall–Kier alpha value is -3.41. The number of aliphatic hydroxyl groups is 3. The van der Waals surface area contributed by atoms with Crippen LogP contribution in [0.2, 0.25) is 0 Å². The van der Waals surface area contributed by atoms with Crippen molar-refractivity contribution in [2.45, 2.75) is 57.0 Å². The number of carbonyl (C=O) groups is 2. The molecule has 282 valence electrons. The zero-order valence-corrected chi connectivity index (χ0v) is 26.9. The molecule has 1 aliphatic rings. The molecular weight excluding hydrogens is 691 g/mol. The fourth-order valence-corrected chi connectivity index (χ4v) is 4.33. The summed E-state index contributed by atoms with van der Waals surface area (Å²) in [4.78, 5) is 22.9. The van der Waals surface area contributed by atoms with Gasteiger partial charge in [-0.15, -0.1) is 5.10 Å². The van der Waals surface area contributed by atoms with Gasteiger partial charge in [0, 0.05) is 19.5 Å². The average molecular weight is 731 g/mol. The Balaban J connectivity index is 1.13. The molecule has 16 nitrogen and oxygen atoms in total. The van der Waals surface area contributed by atoms with Gasteiger partial charge in [0.25, 0.3) is 0 Å². The number of aliphatic hydroxyl groups excluding tert-OH is 3. The monoisotopic (exact) mass is 730 g/mol. The van der Waals surface area contributed by atoms with E-state index in [1.165, 1.54) is 6.92 Å². The molecule has 1 amide bonds. The Kier molecular flexibility index (Phi) is 17.3. The van der Waals surface area contributed by atoms with Gasteiger partial charge in [0.2, 0.25) is 40.7 Å². The topological polar surface area (TPSA) is 202 Å². The zero-order valence-electron chi connectivity index (χ0n) is 26.9. The molecule has 50 heavy (non-hydrogen) atoms. The summed E-state index contributed by atoms with van der Waals surface area (Å²) in [5.41, 5.74) is 0.642. The number of nitrogens with one attached hydrogen (secondary N) is 1. The van der Waals surface area contributed by atoms with Crippen molar-refractivity contribution in [2.75, 3.05) is 66.1 Å². The van der Waals surface area contributed by atoms with Crippen LogP contribution in [-0.4, -0.2) is 139 Å². The molecule has 0 aliphatic carbocycles. The quantitative estimate of drug-likeness (QED) is 0.0303. The summed E-state index contributed by atoms with van der Waals surface area (Å²) in [7, 11) is 0. The Morgan fingerprint density at radius 2 is 1.36 bits per heavy atom. The summed E-state index contributed by atoms with van der Waals surface area (Å²) >= 11 is 0. The molecule has 2 heterocycles. The Morgan fingerprint density at radius 1 is 0.800 bits per heavy atom. The minimum Gasteiger partial charge on any atom is -0.420 e. The molecule has 0 unspecified atom stereocenters. The third-order valence-corrected chi connectivity index (χ3v) is 6.88. The highest BCUT2D eigenvalue weighted by Crippen LogP contribution is 2.29. The van der Waals surface area contributed by atoms with Crippen LogP contribution in [0.3, 0.4) is 0 Å². The van der Waals surface area contributed by atoms with Crippen LogP contribution >= 0.6 is 0 Å². The van der Waals surface area contributed by atoms with Gasteiger partial charge >= 0.3 is 5.97 Å². The number of benzene rings is 1. The van der Waals surface area contributed by atoms with Crippen LogP contribution < -0.4 is 10.1 Å². The second-order valence-electron chi connectivity index (χ2n) is 10.6. The predicted octanol–water partition coefficient (Wildman–Crippen LogP) is -0.461. The molecule has 1 aromatic carbocycles. The molecule has 3 rings (SSSR count). The van der Waals surface area contributed by atoms with E-state index in [4.69, 9.17) is 28.4 Å². The molecule has 0 bridgehead atoms. The lowest BCUT2D eigenvalue weighted by molar-refractivity contribution is -0.256. The largest absolute Gasteiger partial charge is 0.420 e. The van der Waals surface area contributed by atoms with Gasteiger partial charge in [0.1, 0.15) is 24.4 Å². The van der Waals surface area contributed by atoms with Crippen LogP contribution in [0.15, 0.2) is 6.20 Å². The predicted molar refractivity (Wildman–Crippen MR) is 155 cm³/mol. The lowest BCUT2D eigenvalue weighted by Crippen LogP contribution is -2.64. The van der Waals surface area contributed by atoms with Gasteiger partial charge in [-0.1, -0.05) is 5.21 Å².